The molecule has 8 nitrogen and oxygen atoms in total. The Hall–Kier alpha value is -3.07. The van der Waals surface area contributed by atoms with Crippen molar-refractivity contribution in [2.24, 2.45) is 0 Å². The zero-order valence-corrected chi connectivity index (χ0v) is 20.5. The van der Waals surface area contributed by atoms with Crippen molar-refractivity contribution in [2.45, 2.75) is 32.2 Å². The van der Waals surface area contributed by atoms with Crippen LogP contribution in [0.4, 0.5) is 5.69 Å². The molecule has 0 heterocycles. The summed E-state index contributed by atoms with van der Waals surface area (Å²) in [5.74, 6) is 0.192. The third kappa shape index (κ3) is 7.78. The summed E-state index contributed by atoms with van der Waals surface area (Å²) in [6.45, 7) is 2.24. The number of hydrogen-bond donors (Lipinski definition) is 1. The molecule has 0 aliphatic carbocycles. The van der Waals surface area contributed by atoms with Crippen LogP contribution in [0.1, 0.15) is 25.3 Å². The first kappa shape index (κ1) is 26.2. The van der Waals surface area contributed by atoms with Crippen LogP contribution in [-0.2, 0) is 26.0 Å². The zero-order valence-electron chi connectivity index (χ0n) is 19.7. The van der Waals surface area contributed by atoms with E-state index in [1.165, 1.54) is 18.5 Å². The first-order valence-corrected chi connectivity index (χ1v) is 12.7. The van der Waals surface area contributed by atoms with Crippen LogP contribution < -0.4 is 14.4 Å². The number of anilines is 1. The summed E-state index contributed by atoms with van der Waals surface area (Å²) in [5, 5.41) is 2.59. The van der Waals surface area contributed by atoms with E-state index in [2.05, 4.69) is 5.32 Å². The summed E-state index contributed by atoms with van der Waals surface area (Å²) < 4.78 is 31.1. The number of hydrogen-bond acceptors (Lipinski definition) is 5. The van der Waals surface area contributed by atoms with Crippen molar-refractivity contribution in [3.05, 3.63) is 60.2 Å². The van der Waals surface area contributed by atoms with Crippen LogP contribution in [0.2, 0.25) is 0 Å². The van der Waals surface area contributed by atoms with Crippen LogP contribution in [0.15, 0.2) is 54.6 Å². The number of methoxy groups -OCH3 is 1. The number of amides is 2. The predicted molar refractivity (Wildman–Crippen MR) is 130 cm³/mol. The molecule has 0 spiro atoms. The fourth-order valence-electron chi connectivity index (χ4n) is 3.53. The molecule has 0 aliphatic heterocycles. The van der Waals surface area contributed by atoms with Gasteiger partial charge in [0.05, 0.1) is 19.1 Å². The Bertz CT molecular complexity index is 1010. The molecule has 0 saturated carbocycles. The minimum Gasteiger partial charge on any atom is -0.497 e. The molecule has 9 heteroatoms. The number of sulfonamides is 1. The second kappa shape index (κ2) is 12.2. The number of likely N-dealkylation sites (N-methyl/N-ethyl adjacent to an activating group) is 1. The van der Waals surface area contributed by atoms with Crippen LogP contribution in [0, 0.1) is 0 Å². The topological polar surface area (TPSA) is 96.0 Å². The van der Waals surface area contributed by atoms with Crippen LogP contribution >= 0.6 is 0 Å². The fraction of sp³-hybridized carbons (Fsp3) is 0.417. The van der Waals surface area contributed by atoms with Crippen LogP contribution in [0.25, 0.3) is 0 Å². The second-order valence-corrected chi connectivity index (χ2v) is 9.66. The van der Waals surface area contributed by atoms with E-state index in [0.29, 0.717) is 30.8 Å². The third-order valence-corrected chi connectivity index (χ3v) is 6.60. The Balaban J connectivity index is 2.07. The summed E-state index contributed by atoms with van der Waals surface area (Å²) in [6, 6.07) is 15.8. The van der Waals surface area contributed by atoms with Gasteiger partial charge in [-0.15, -0.1) is 0 Å². The number of ether oxygens (including phenoxy) is 1. The lowest BCUT2D eigenvalue weighted by Gasteiger charge is -2.29. The van der Waals surface area contributed by atoms with Crippen molar-refractivity contribution in [1.29, 1.82) is 0 Å². The predicted octanol–water partition coefficient (Wildman–Crippen LogP) is 2.45. The molecule has 0 aliphatic rings. The zero-order chi connectivity index (χ0) is 24.4. The van der Waals surface area contributed by atoms with E-state index in [0.717, 1.165) is 11.8 Å². The van der Waals surface area contributed by atoms with Gasteiger partial charge in [0.25, 0.3) is 0 Å². The molecule has 2 rings (SSSR count). The van der Waals surface area contributed by atoms with Crippen molar-refractivity contribution in [3.8, 4) is 5.75 Å². The molecule has 1 atom stereocenters. The van der Waals surface area contributed by atoms with Gasteiger partial charge in [0.15, 0.2) is 0 Å². The van der Waals surface area contributed by atoms with Gasteiger partial charge in [-0.05, 0) is 49.6 Å². The van der Waals surface area contributed by atoms with E-state index in [1.54, 1.807) is 36.1 Å². The van der Waals surface area contributed by atoms with E-state index in [9.17, 15) is 18.0 Å². The summed E-state index contributed by atoms with van der Waals surface area (Å²) in [4.78, 5) is 26.8. The molecule has 0 bridgehead atoms. The van der Waals surface area contributed by atoms with Gasteiger partial charge >= 0.3 is 0 Å². The lowest BCUT2D eigenvalue weighted by molar-refractivity contribution is -0.139. The van der Waals surface area contributed by atoms with E-state index in [4.69, 9.17) is 4.74 Å². The Kier molecular flexibility index (Phi) is 9.72. The average molecular weight is 476 g/mol. The number of benzene rings is 2. The summed E-state index contributed by atoms with van der Waals surface area (Å²) in [6.07, 6.45) is 2.20. The number of carbonyl (C=O) groups is 2. The molecule has 1 unspecified atom stereocenters. The van der Waals surface area contributed by atoms with E-state index in [1.807, 2.05) is 30.3 Å². The minimum absolute atomic E-state index is 0.123. The number of carbonyl (C=O) groups excluding carboxylic acids is 2. The average Bonchev–Trinajstić information content (AvgIpc) is 2.81. The molecule has 0 radical (unpaired) electrons. The highest BCUT2D eigenvalue weighted by atomic mass is 32.2. The molecule has 0 aromatic heterocycles. The van der Waals surface area contributed by atoms with Gasteiger partial charge < -0.3 is 15.0 Å². The van der Waals surface area contributed by atoms with Crippen molar-refractivity contribution >= 4 is 27.5 Å². The fourth-order valence-corrected chi connectivity index (χ4v) is 4.50. The number of nitrogens with one attached hydrogen (secondary N) is 1. The van der Waals surface area contributed by atoms with Gasteiger partial charge in [-0.2, -0.15) is 0 Å². The lowest BCUT2D eigenvalue weighted by atomic mass is 10.1. The Labute approximate surface area is 196 Å². The largest absolute Gasteiger partial charge is 0.497 e. The summed E-state index contributed by atoms with van der Waals surface area (Å²) in [5.41, 5.74) is 1.58. The van der Waals surface area contributed by atoms with Gasteiger partial charge in [-0.3, -0.25) is 13.9 Å². The maximum Gasteiger partial charge on any atom is 0.242 e. The van der Waals surface area contributed by atoms with Crippen molar-refractivity contribution in [3.63, 3.8) is 0 Å². The van der Waals surface area contributed by atoms with Gasteiger partial charge in [0.1, 0.15) is 11.8 Å². The van der Waals surface area contributed by atoms with Crippen molar-refractivity contribution < 1.29 is 22.7 Å². The highest BCUT2D eigenvalue weighted by Crippen LogP contribution is 2.22. The van der Waals surface area contributed by atoms with Crippen LogP contribution in [0.5, 0.6) is 5.75 Å². The maximum atomic E-state index is 13.0. The molecule has 0 fully saturated rings. The highest BCUT2D eigenvalue weighted by molar-refractivity contribution is 7.92. The molecule has 1 N–H and O–H groups in total. The Morgan fingerprint density at radius 3 is 2.21 bits per heavy atom. The lowest BCUT2D eigenvalue weighted by Crippen LogP contribution is -2.48. The van der Waals surface area contributed by atoms with Gasteiger partial charge in [-0.25, -0.2) is 8.42 Å². The summed E-state index contributed by atoms with van der Waals surface area (Å²) in [7, 11) is -0.453. The standard InChI is InChI=1S/C24H33N3O5S/c1-19(24(29)25-2)26(18-16-20-9-6-5-7-10-20)23(28)11-8-17-27(33(4,30)31)21-12-14-22(32-3)15-13-21/h5-7,9-10,12-15,19H,8,11,16-18H2,1-4H3,(H,25,29). The van der Waals surface area contributed by atoms with Crippen LogP contribution in [0.3, 0.4) is 0 Å². The molecule has 33 heavy (non-hydrogen) atoms. The van der Waals surface area contributed by atoms with E-state index in [-0.39, 0.29) is 24.8 Å². The number of nitrogens with zero attached hydrogens (tertiary/aromatic N) is 2. The molecule has 2 amide bonds. The molecule has 180 valence electrons. The van der Waals surface area contributed by atoms with Crippen molar-refractivity contribution in [2.75, 3.05) is 37.8 Å². The SMILES string of the molecule is CNC(=O)C(C)N(CCc1ccccc1)C(=O)CCCN(c1ccc(OC)cc1)S(C)(=O)=O. The minimum atomic E-state index is -3.53. The van der Waals surface area contributed by atoms with Gasteiger partial charge in [-0.1, -0.05) is 30.3 Å². The Morgan fingerprint density at radius 2 is 1.67 bits per heavy atom. The van der Waals surface area contributed by atoms with Gasteiger partial charge in [0.2, 0.25) is 21.8 Å². The first-order valence-electron chi connectivity index (χ1n) is 10.8. The smallest absolute Gasteiger partial charge is 0.242 e. The second-order valence-electron chi connectivity index (χ2n) is 7.75. The van der Waals surface area contributed by atoms with E-state index < -0.39 is 16.1 Å². The molecular formula is C24H33N3O5S. The van der Waals surface area contributed by atoms with Gasteiger partial charge in [0, 0.05) is 26.6 Å². The summed E-state index contributed by atoms with van der Waals surface area (Å²) >= 11 is 0. The maximum absolute atomic E-state index is 13.0. The monoisotopic (exact) mass is 475 g/mol. The Morgan fingerprint density at radius 1 is 1.03 bits per heavy atom. The normalized spacial score (nSPS) is 12.0. The first-order chi connectivity index (χ1) is 15.7. The third-order valence-electron chi connectivity index (χ3n) is 5.41. The van der Waals surface area contributed by atoms with E-state index >= 15 is 0 Å². The molecule has 0 saturated heterocycles. The van der Waals surface area contributed by atoms with Crippen LogP contribution in [-0.4, -0.2) is 64.7 Å². The quantitative estimate of drug-likeness (QED) is 0.509. The molecular weight excluding hydrogens is 442 g/mol. The highest BCUT2D eigenvalue weighted by Gasteiger charge is 2.25. The molecule has 2 aromatic carbocycles. The molecule has 2 aromatic rings. The number of rotatable bonds is 12. The van der Waals surface area contributed by atoms with Crippen molar-refractivity contribution in [1.82, 2.24) is 10.2 Å².